The van der Waals surface area contributed by atoms with Crippen LogP contribution in [0.2, 0.25) is 0 Å². The number of amides is 2. The number of benzene rings is 3. The summed E-state index contributed by atoms with van der Waals surface area (Å²) in [5.74, 6) is -12.0. The number of anilines is 2. The zero-order chi connectivity index (χ0) is 99.9. The summed E-state index contributed by atoms with van der Waals surface area (Å²) in [6, 6.07) is 21.5. The zero-order valence-corrected chi connectivity index (χ0v) is 76.3. The van der Waals surface area contributed by atoms with Gasteiger partial charge in [0.25, 0.3) is 11.5 Å². The van der Waals surface area contributed by atoms with Crippen LogP contribution in [0.5, 0.6) is 5.75 Å². The van der Waals surface area contributed by atoms with Gasteiger partial charge in [-0.05, 0) is 221 Å². The number of halogens is 5. The standard InChI is InChI=1S/C14H19NO4.C11H15N3O4.C11H13N3O4.C11H11N3O4.C10H7F5O3.C10H13N3O2.C9H12N4O3.C9H11NO4/c1-8(2)18-14(17)19-15-7-11-9-5-3-4-6-10(9)12(11)13(15)16;3*1-7(2)17-11(16)18-14-10(15)8-5-3-4-6-9(8)12-13-14;1-3(2)17-10(16)18-9-7(14)5(12)4(11)6(13)8(9)15;1-7(2)10(14)15-13-9-8(6-12-13)4-3-5-11-9;1-6(2)15-9(14)16-13-8-7(11-12-13)4-3-5-10-8;1-7(2)13-9(12)14-10-6-4-3-5-8(10)11/h3,5,8-12H,4,6-7H2,1-2H3;7H,3-6H2,1-2H3;3-7,12-13H,1-2H3;3-7H,1-2H3;3H,1-2H3;3-5,7,12H,6H2,1-2H3;3-8H,1-2H3;3-7H,1-2H3. The first-order chi connectivity index (χ1) is 64.5. The number of hydrazine groups is 3. The Bertz CT molecular complexity index is 5670. The van der Waals surface area contributed by atoms with E-state index in [-0.39, 0.29) is 66.4 Å². The van der Waals surface area contributed by atoms with Crippen molar-refractivity contribution in [2.24, 2.45) is 44.9 Å². The van der Waals surface area contributed by atoms with E-state index in [0.717, 1.165) is 47.6 Å². The van der Waals surface area contributed by atoms with Crippen LogP contribution in [0.3, 0.4) is 0 Å². The molecule has 46 nitrogen and oxygen atoms in total. The zero-order valence-electron chi connectivity index (χ0n) is 76.3. The van der Waals surface area contributed by atoms with Crippen molar-refractivity contribution in [1.29, 1.82) is 0 Å². The molecular formula is C85H101F5N18O28. The van der Waals surface area contributed by atoms with Gasteiger partial charge in [0.1, 0.15) is 11.6 Å². The molecule has 2 fully saturated rings. The number of pyridine rings is 2. The van der Waals surface area contributed by atoms with Gasteiger partial charge in [-0.25, -0.2) is 56.5 Å². The number of allylic oxidation sites excluding steroid dienone is 3. The second kappa shape index (κ2) is 50.5. The molecule has 734 valence electrons. The average Bonchev–Trinajstić information content (AvgIpc) is 1.57. The van der Waals surface area contributed by atoms with Gasteiger partial charge in [-0.1, -0.05) is 78.8 Å². The summed E-state index contributed by atoms with van der Waals surface area (Å²) in [4.78, 5) is 192. The lowest BCUT2D eigenvalue weighted by Crippen LogP contribution is -2.50. The predicted molar refractivity (Wildman–Crippen MR) is 458 cm³/mol. The summed E-state index contributed by atoms with van der Waals surface area (Å²) in [6.45, 7) is 27.9. The molecule has 15 rings (SSSR count). The highest BCUT2D eigenvalue weighted by Gasteiger charge is 2.60. The van der Waals surface area contributed by atoms with Crippen molar-refractivity contribution in [1.82, 2.24) is 66.4 Å². The molecule has 0 radical (unpaired) electrons. The molecule has 6 atom stereocenters. The number of fused-ring (bicyclic) bond motifs is 9. The van der Waals surface area contributed by atoms with Crippen LogP contribution in [0.15, 0.2) is 145 Å². The van der Waals surface area contributed by atoms with Crippen LogP contribution in [0, 0.1) is 58.7 Å². The van der Waals surface area contributed by atoms with E-state index in [1.807, 2.05) is 18.2 Å². The summed E-state index contributed by atoms with van der Waals surface area (Å²) in [5.41, 5.74) is 10.4. The predicted octanol–water partition coefficient (Wildman–Crippen LogP) is 11.5. The van der Waals surface area contributed by atoms with Crippen molar-refractivity contribution in [2.75, 3.05) is 17.1 Å². The van der Waals surface area contributed by atoms with Crippen LogP contribution >= 0.6 is 0 Å². The molecule has 0 bridgehead atoms. The Hall–Kier alpha value is -15.3. The van der Waals surface area contributed by atoms with Crippen molar-refractivity contribution in [3.05, 3.63) is 198 Å². The Balaban J connectivity index is 0.000000191. The molecule has 2 amide bonds. The fraction of sp³-hybridized carbons (Fsp3) is 0.447. The number of nitrogens with zero attached hydrogens (tertiary/aromatic N) is 15. The summed E-state index contributed by atoms with van der Waals surface area (Å²) >= 11 is 0. The van der Waals surface area contributed by atoms with Gasteiger partial charge >= 0.3 is 66.1 Å². The van der Waals surface area contributed by atoms with Crippen LogP contribution in [0.4, 0.5) is 67.0 Å². The molecule has 4 aromatic heterocycles. The molecule has 1 saturated heterocycles. The smallest absolute Gasteiger partial charge is 0.431 e. The maximum Gasteiger partial charge on any atom is 0.535 e. The lowest BCUT2D eigenvalue weighted by atomic mass is 9.55. The number of carbonyl (C=O) groups excluding carboxylic acids is 10. The molecular weight excluding hydrogens is 1820 g/mol. The Kier molecular flexibility index (Phi) is 39.4. The van der Waals surface area contributed by atoms with Gasteiger partial charge in [0.15, 0.2) is 5.82 Å². The number of hydroxylamine groups is 4. The van der Waals surface area contributed by atoms with Crippen LogP contribution in [-0.4, -0.2) is 184 Å². The van der Waals surface area contributed by atoms with Crippen molar-refractivity contribution in [3.63, 3.8) is 0 Å². The number of aliphatic imine (C=N–C) groups is 1. The molecule has 3 aliphatic carbocycles. The summed E-state index contributed by atoms with van der Waals surface area (Å²) < 4.78 is 102. The van der Waals surface area contributed by atoms with Gasteiger partial charge < -0.3 is 53.0 Å². The molecule has 0 spiro atoms. The number of hydrogen-bond acceptors (Lipinski definition) is 41. The highest BCUT2D eigenvalue weighted by molar-refractivity contribution is 6.00. The highest BCUT2D eigenvalue weighted by atomic mass is 19.2. The van der Waals surface area contributed by atoms with Crippen molar-refractivity contribution in [3.8, 4) is 5.75 Å². The summed E-state index contributed by atoms with van der Waals surface area (Å²) in [7, 11) is 0. The Labute approximate surface area is 771 Å². The fourth-order valence-electron chi connectivity index (χ4n) is 12.5. The number of aromatic nitrogens is 8. The molecule has 8 aliphatic rings. The molecule has 51 heteroatoms. The largest absolute Gasteiger partial charge is 0.535 e. The van der Waals surface area contributed by atoms with Gasteiger partial charge in [-0.15, -0.1) is 25.6 Å². The van der Waals surface area contributed by atoms with Gasteiger partial charge in [0, 0.05) is 48.3 Å². The molecule has 7 aromatic rings. The van der Waals surface area contributed by atoms with Gasteiger partial charge in [-0.3, -0.25) is 53.2 Å². The van der Waals surface area contributed by atoms with E-state index in [0.29, 0.717) is 91.4 Å². The minimum absolute atomic E-state index is 0.0433. The topological polar surface area (TPSA) is 526 Å². The lowest BCUT2D eigenvalue weighted by Gasteiger charge is -2.47. The van der Waals surface area contributed by atoms with Crippen molar-refractivity contribution in [2.45, 2.75) is 211 Å². The van der Waals surface area contributed by atoms with E-state index >= 15 is 0 Å². The first-order valence-corrected chi connectivity index (χ1v) is 42.3. The molecule has 3 aromatic carbocycles. The number of aryl methyl sites for hydroxylation is 1. The number of hydrogen-bond donors (Lipinski definition) is 3. The minimum atomic E-state index is -2.34. The second-order valence-electron chi connectivity index (χ2n) is 31.5. The van der Waals surface area contributed by atoms with E-state index in [2.05, 4.69) is 93.4 Å². The Morgan fingerprint density at radius 3 is 1.68 bits per heavy atom. The minimum Gasteiger partial charge on any atom is -0.431 e. The van der Waals surface area contributed by atoms with E-state index in [1.165, 1.54) is 36.3 Å². The van der Waals surface area contributed by atoms with E-state index in [9.17, 15) is 84.3 Å². The number of rotatable bonds is 16. The first kappa shape index (κ1) is 106. The van der Waals surface area contributed by atoms with Crippen LogP contribution in [-0.2, 0) is 81.5 Å². The van der Waals surface area contributed by atoms with Crippen molar-refractivity contribution >= 4 is 89.5 Å². The normalized spacial score (nSPS) is 17.2. The molecule has 6 unspecified atom stereocenters. The quantitative estimate of drug-likeness (QED) is 0.0118. The van der Waals surface area contributed by atoms with E-state index in [4.69, 9.17) is 47.9 Å². The van der Waals surface area contributed by atoms with Gasteiger partial charge in [0.2, 0.25) is 41.0 Å². The summed E-state index contributed by atoms with van der Waals surface area (Å²) in [6.07, 6.45) is 8.26. The van der Waals surface area contributed by atoms with Crippen LogP contribution < -0.4 is 57.5 Å². The van der Waals surface area contributed by atoms with Gasteiger partial charge in [-0.2, -0.15) is 24.4 Å². The highest BCUT2D eigenvalue weighted by Crippen LogP contribution is 2.55. The molecule has 5 aliphatic heterocycles. The lowest BCUT2D eigenvalue weighted by molar-refractivity contribution is -0.169. The van der Waals surface area contributed by atoms with Crippen LogP contribution in [0.25, 0.3) is 10.9 Å². The molecule has 9 heterocycles. The first-order valence-electron chi connectivity index (χ1n) is 42.3. The number of dihydropyridines is 1. The molecule has 1 saturated carbocycles. The van der Waals surface area contributed by atoms with Crippen LogP contribution in [0.1, 0.15) is 164 Å². The third-order valence-electron chi connectivity index (χ3n) is 18.2. The summed E-state index contributed by atoms with van der Waals surface area (Å²) in [5, 5.41) is 26.9. The number of nitrogens with one attached hydrogen (secondary N) is 3. The maximum absolute atomic E-state index is 13.0. The SMILES string of the molecule is CC(C)C(=O)ON1NCc2cccnc21.CC(C)OC(=O)ON1CC2C3C=CCCC3C2C1=O.CC(C)OC(=O)ON1N=NC2C=CC=NC21.CC(C)OC(=O)ON1NNc2ccccc2C1=O.CC(C)OC(=O)Oc1c(F)c(F)c(F)c(F)c1F.CC(C)OC(=O)On1ccccc1=O.CC(C)OC(=O)On1nnc2c(c1=O)CCCC2.CC(C)OC(=O)On1nnc2ccccc2c1=O. The number of para-hydroxylation sites is 1. The fourth-order valence-corrected chi connectivity index (χ4v) is 12.5. The maximum atomic E-state index is 13.0. The molecule has 3 N–H and O–H groups in total. The monoisotopic (exact) mass is 1920 g/mol. The Morgan fingerprint density at radius 1 is 0.522 bits per heavy atom. The second-order valence-corrected chi connectivity index (χ2v) is 31.5. The Morgan fingerprint density at radius 2 is 1.07 bits per heavy atom. The van der Waals surface area contributed by atoms with Gasteiger partial charge in [0.05, 0.1) is 77.5 Å². The number of ether oxygens (including phenoxy) is 8. The third kappa shape index (κ3) is 30.9. The molecule has 136 heavy (non-hydrogen) atoms. The van der Waals surface area contributed by atoms with E-state index in [1.54, 1.807) is 176 Å². The third-order valence-corrected chi connectivity index (χ3v) is 18.2. The van der Waals surface area contributed by atoms with E-state index < -0.39 is 113 Å². The van der Waals surface area contributed by atoms with Crippen molar-refractivity contribution < 1.29 is 142 Å². The number of carbonyl (C=O) groups is 10. The average molecular weight is 1920 g/mol.